The average Bonchev–Trinajstić information content (AvgIpc) is 3.52. The lowest BCUT2D eigenvalue weighted by Crippen LogP contribution is -2.50. The van der Waals surface area contributed by atoms with Gasteiger partial charge in [0.25, 0.3) is 0 Å². The van der Waals surface area contributed by atoms with Crippen molar-refractivity contribution in [1.29, 1.82) is 0 Å². The summed E-state index contributed by atoms with van der Waals surface area (Å²) < 4.78 is 0. The van der Waals surface area contributed by atoms with Crippen LogP contribution in [0, 0.1) is 11.8 Å². The smallest absolute Gasteiger partial charge is 0.243 e. The molecule has 4 N–H and O–H groups in total. The Hall–Kier alpha value is -3.14. The number of ketones is 1. The summed E-state index contributed by atoms with van der Waals surface area (Å²) in [6.07, 6.45) is 2.49. The molecule has 3 amide bonds. The molecule has 3 rings (SSSR count). The Bertz CT molecular complexity index is 1100. The Labute approximate surface area is 229 Å². The summed E-state index contributed by atoms with van der Waals surface area (Å²) in [5.74, 6) is -2.41. The number of carbonyl (C=O) groups excluding carboxylic acids is 4. The number of amides is 3. The monoisotopic (exact) mass is 541 g/mol. The Morgan fingerprint density at radius 3 is 2.45 bits per heavy atom. The van der Waals surface area contributed by atoms with Crippen molar-refractivity contribution in [2.24, 2.45) is 22.6 Å². The first-order valence-electron chi connectivity index (χ1n) is 13.1. The Morgan fingerprint density at radius 1 is 1.21 bits per heavy atom. The van der Waals surface area contributed by atoms with Crippen LogP contribution in [0.2, 0.25) is 0 Å². The Morgan fingerprint density at radius 2 is 1.89 bits per heavy atom. The third kappa shape index (κ3) is 7.03. The van der Waals surface area contributed by atoms with Gasteiger partial charge < -0.3 is 21.3 Å². The van der Waals surface area contributed by atoms with Crippen LogP contribution in [0.5, 0.6) is 0 Å². The normalized spacial score (nSPS) is 22.8. The molecule has 10 heteroatoms. The van der Waals surface area contributed by atoms with Gasteiger partial charge in [-0.15, -0.1) is 11.8 Å². The maximum Gasteiger partial charge on any atom is 0.243 e. The zero-order chi connectivity index (χ0) is 28.0. The van der Waals surface area contributed by atoms with Gasteiger partial charge >= 0.3 is 0 Å². The standard InChI is InChI=1S/C28H39N5O4S/c1-16(2)25(23(34)13-17(3)29)28(37)33-12-6-7-22(33)27(36)32-21(14-24(35)30-5)19-8-10-20(11-9-19)26-18(4)31-15-38-26/h8-11,13,15-16,18,21-22,25-26H,6-7,12,14,29H2,1-5H3,(H,30,35)(H,32,36)/t18?,21-,22-,25+,26?/m0/s1. The molecule has 2 unspecified atom stereocenters. The van der Waals surface area contributed by atoms with Gasteiger partial charge in [0.2, 0.25) is 17.7 Å². The van der Waals surface area contributed by atoms with Crippen LogP contribution in [0.15, 0.2) is 41.0 Å². The molecule has 38 heavy (non-hydrogen) atoms. The number of carbonyl (C=O) groups is 4. The van der Waals surface area contributed by atoms with Gasteiger partial charge in [-0.1, -0.05) is 38.1 Å². The lowest BCUT2D eigenvalue weighted by atomic mass is 9.89. The Balaban J connectivity index is 1.79. The second-order valence-electron chi connectivity index (χ2n) is 10.4. The molecule has 0 saturated carbocycles. The molecular formula is C28H39N5O4S. The molecule has 1 saturated heterocycles. The van der Waals surface area contributed by atoms with E-state index in [-0.39, 0.29) is 47.1 Å². The van der Waals surface area contributed by atoms with Crippen LogP contribution < -0.4 is 16.4 Å². The molecule has 2 aliphatic rings. The highest BCUT2D eigenvalue weighted by molar-refractivity contribution is 8.12. The molecule has 0 bridgehead atoms. The quantitative estimate of drug-likeness (QED) is 0.308. The van der Waals surface area contributed by atoms with E-state index < -0.39 is 18.0 Å². The van der Waals surface area contributed by atoms with Crippen LogP contribution in [0.3, 0.4) is 0 Å². The van der Waals surface area contributed by atoms with E-state index in [1.807, 2.05) is 43.7 Å². The van der Waals surface area contributed by atoms with Crippen molar-refractivity contribution in [1.82, 2.24) is 15.5 Å². The van der Waals surface area contributed by atoms with E-state index in [9.17, 15) is 19.2 Å². The first-order chi connectivity index (χ1) is 18.0. The molecule has 1 fully saturated rings. The maximum absolute atomic E-state index is 13.5. The molecule has 0 aliphatic carbocycles. The minimum atomic E-state index is -0.907. The predicted molar refractivity (Wildman–Crippen MR) is 150 cm³/mol. The highest BCUT2D eigenvalue weighted by Gasteiger charge is 2.40. The van der Waals surface area contributed by atoms with Crippen LogP contribution in [0.25, 0.3) is 0 Å². The van der Waals surface area contributed by atoms with Gasteiger partial charge in [-0.05, 0) is 43.7 Å². The number of hydrogen-bond acceptors (Lipinski definition) is 7. The zero-order valence-electron chi connectivity index (χ0n) is 22.8. The number of aliphatic imine (C=N–C) groups is 1. The van der Waals surface area contributed by atoms with Crippen LogP contribution in [-0.2, 0) is 19.2 Å². The van der Waals surface area contributed by atoms with Crippen LogP contribution in [0.1, 0.15) is 69.4 Å². The van der Waals surface area contributed by atoms with Gasteiger partial charge in [-0.2, -0.15) is 0 Å². The summed E-state index contributed by atoms with van der Waals surface area (Å²) >= 11 is 1.67. The molecule has 1 aromatic rings. The molecule has 0 spiro atoms. The number of rotatable bonds is 10. The Kier molecular flexibility index (Phi) is 10.1. The lowest BCUT2D eigenvalue weighted by Gasteiger charge is -2.30. The summed E-state index contributed by atoms with van der Waals surface area (Å²) in [6, 6.07) is 6.80. The second kappa shape index (κ2) is 13.1. The van der Waals surface area contributed by atoms with Gasteiger partial charge in [0, 0.05) is 25.4 Å². The fourth-order valence-corrected chi connectivity index (χ4v) is 6.01. The number of thioether (sulfide) groups is 1. The number of nitrogens with one attached hydrogen (secondary N) is 2. The van der Waals surface area contributed by atoms with Crippen molar-refractivity contribution in [2.45, 2.75) is 70.3 Å². The molecule has 206 valence electrons. The van der Waals surface area contributed by atoms with Crippen molar-refractivity contribution in [3.05, 3.63) is 47.2 Å². The number of hydrogen-bond donors (Lipinski definition) is 3. The molecule has 2 heterocycles. The average molecular weight is 542 g/mol. The van der Waals surface area contributed by atoms with E-state index in [4.69, 9.17) is 5.73 Å². The van der Waals surface area contributed by atoms with Gasteiger partial charge in [0.1, 0.15) is 12.0 Å². The third-order valence-corrected chi connectivity index (χ3v) is 8.24. The number of nitrogens with two attached hydrogens (primary N) is 1. The zero-order valence-corrected chi connectivity index (χ0v) is 23.6. The van der Waals surface area contributed by atoms with E-state index in [2.05, 4.69) is 22.5 Å². The molecule has 1 aromatic carbocycles. The fraction of sp³-hybridized carbons (Fsp3) is 0.536. The van der Waals surface area contributed by atoms with E-state index in [0.29, 0.717) is 25.1 Å². The van der Waals surface area contributed by atoms with Crippen LogP contribution in [0.4, 0.5) is 0 Å². The summed E-state index contributed by atoms with van der Waals surface area (Å²) in [7, 11) is 1.56. The minimum absolute atomic E-state index is 0.0631. The second-order valence-corrected chi connectivity index (χ2v) is 11.3. The lowest BCUT2D eigenvalue weighted by molar-refractivity contribution is -0.146. The van der Waals surface area contributed by atoms with Gasteiger partial charge in [-0.3, -0.25) is 24.2 Å². The maximum atomic E-state index is 13.5. The predicted octanol–water partition coefficient (Wildman–Crippen LogP) is 2.88. The SMILES string of the molecule is CNC(=O)C[C@H](NC(=O)[C@@H]1CCCN1C(=O)[C@@H](C(=O)C=C(C)N)C(C)C)c1ccc(C2SC=NC2C)cc1. The minimum Gasteiger partial charge on any atom is -0.402 e. The number of benzene rings is 1. The van der Waals surface area contributed by atoms with Gasteiger partial charge in [-0.25, -0.2) is 0 Å². The fourth-order valence-electron chi connectivity index (χ4n) is 5.00. The summed E-state index contributed by atoms with van der Waals surface area (Å²) in [5.41, 5.74) is 9.83. The van der Waals surface area contributed by atoms with Gasteiger partial charge in [0.05, 0.1) is 29.3 Å². The van der Waals surface area contributed by atoms with E-state index in [1.54, 1.807) is 25.7 Å². The van der Waals surface area contributed by atoms with E-state index >= 15 is 0 Å². The topological polar surface area (TPSA) is 134 Å². The van der Waals surface area contributed by atoms with Crippen molar-refractivity contribution in [2.75, 3.05) is 13.6 Å². The number of allylic oxidation sites excluding steroid dienone is 2. The molecule has 9 nitrogen and oxygen atoms in total. The number of nitrogens with zero attached hydrogens (tertiary/aromatic N) is 2. The first-order valence-corrected chi connectivity index (χ1v) is 14.0. The van der Waals surface area contributed by atoms with Crippen molar-refractivity contribution in [3.63, 3.8) is 0 Å². The molecular weight excluding hydrogens is 502 g/mol. The highest BCUT2D eigenvalue weighted by atomic mass is 32.2. The highest BCUT2D eigenvalue weighted by Crippen LogP contribution is 2.37. The first kappa shape index (κ1) is 29.4. The van der Waals surface area contributed by atoms with Crippen LogP contribution >= 0.6 is 11.8 Å². The number of likely N-dealkylation sites (tertiary alicyclic amines) is 1. The van der Waals surface area contributed by atoms with Crippen molar-refractivity contribution >= 4 is 40.8 Å². The van der Waals surface area contributed by atoms with E-state index in [0.717, 1.165) is 11.1 Å². The summed E-state index contributed by atoms with van der Waals surface area (Å²) in [6.45, 7) is 7.69. The third-order valence-electron chi connectivity index (χ3n) is 7.04. The van der Waals surface area contributed by atoms with Gasteiger partial charge in [0.15, 0.2) is 5.78 Å². The molecule has 2 aliphatic heterocycles. The van der Waals surface area contributed by atoms with Crippen molar-refractivity contribution < 1.29 is 19.2 Å². The largest absolute Gasteiger partial charge is 0.402 e. The summed E-state index contributed by atoms with van der Waals surface area (Å²) in [4.78, 5) is 58.0. The molecule has 0 radical (unpaired) electrons. The van der Waals surface area contributed by atoms with E-state index in [1.165, 1.54) is 11.0 Å². The van der Waals surface area contributed by atoms with Crippen LogP contribution in [-0.4, -0.2) is 59.6 Å². The molecule has 0 aromatic heterocycles. The molecule has 5 atom stereocenters. The summed E-state index contributed by atoms with van der Waals surface area (Å²) in [5, 5.41) is 5.88. The van der Waals surface area contributed by atoms with Crippen molar-refractivity contribution in [3.8, 4) is 0 Å².